The maximum absolute atomic E-state index is 13.3. The molecule has 1 unspecified atom stereocenters. The minimum atomic E-state index is -0.549. The highest BCUT2D eigenvalue weighted by Crippen LogP contribution is 2.40. The van der Waals surface area contributed by atoms with Crippen LogP contribution in [0.5, 0.6) is 11.5 Å². The summed E-state index contributed by atoms with van der Waals surface area (Å²) >= 11 is 0. The number of hydrogen-bond donors (Lipinski definition) is 0. The Bertz CT molecular complexity index is 1180. The lowest BCUT2D eigenvalue weighted by Gasteiger charge is -2.22. The van der Waals surface area contributed by atoms with E-state index in [0.717, 1.165) is 12.0 Å². The fourth-order valence-corrected chi connectivity index (χ4v) is 3.91. The highest BCUT2D eigenvalue weighted by Gasteiger charge is 2.40. The molecule has 1 aliphatic rings. The van der Waals surface area contributed by atoms with E-state index in [1.165, 1.54) is 0 Å². The van der Waals surface area contributed by atoms with Gasteiger partial charge in [-0.25, -0.2) is 0 Å². The van der Waals surface area contributed by atoms with Crippen LogP contribution in [-0.2, 0) is 0 Å². The Morgan fingerprint density at radius 2 is 1.84 bits per heavy atom. The van der Waals surface area contributed by atoms with Crippen molar-refractivity contribution in [2.75, 3.05) is 20.3 Å². The van der Waals surface area contributed by atoms with Gasteiger partial charge >= 0.3 is 0 Å². The van der Waals surface area contributed by atoms with Crippen molar-refractivity contribution in [2.45, 2.75) is 33.2 Å². The van der Waals surface area contributed by atoms with Crippen LogP contribution in [-0.4, -0.2) is 31.1 Å². The normalized spacial score (nSPS) is 15.6. The number of amides is 1. The Balaban J connectivity index is 1.78. The van der Waals surface area contributed by atoms with E-state index in [2.05, 4.69) is 13.8 Å². The molecule has 4 rings (SSSR count). The maximum Gasteiger partial charge on any atom is 0.290 e. The summed E-state index contributed by atoms with van der Waals surface area (Å²) in [6, 6.07) is 12.0. The summed E-state index contributed by atoms with van der Waals surface area (Å²) in [7, 11) is 1.68. The first-order valence-corrected chi connectivity index (χ1v) is 10.6. The van der Waals surface area contributed by atoms with Gasteiger partial charge in [0.2, 0.25) is 5.76 Å². The first-order valence-electron chi connectivity index (χ1n) is 10.6. The Morgan fingerprint density at radius 3 is 2.58 bits per heavy atom. The standard InChI is InChI=1S/C25H27NO5/c1-5-29-20-14-16(10-11-19(20)30-13-12-15(2)3)22-21-23(27)17-8-6-7-9-18(17)31-24(21)25(28)26(22)4/h6-11,14-15,22H,5,12-13H2,1-4H3. The van der Waals surface area contributed by atoms with Crippen LogP contribution in [0.15, 0.2) is 51.7 Å². The Morgan fingerprint density at radius 1 is 1.06 bits per heavy atom. The molecular formula is C25H27NO5. The van der Waals surface area contributed by atoms with Crippen LogP contribution in [0.4, 0.5) is 0 Å². The number of fused-ring (bicyclic) bond motifs is 2. The summed E-state index contributed by atoms with van der Waals surface area (Å²) in [5.74, 6) is 1.59. The number of nitrogens with zero attached hydrogens (tertiary/aromatic N) is 1. The molecule has 2 aromatic carbocycles. The molecule has 0 bridgehead atoms. The van der Waals surface area contributed by atoms with Crippen molar-refractivity contribution in [1.82, 2.24) is 4.90 Å². The summed E-state index contributed by atoms with van der Waals surface area (Å²) in [5, 5.41) is 0.466. The van der Waals surface area contributed by atoms with Crippen LogP contribution in [0.3, 0.4) is 0 Å². The SMILES string of the molecule is CCOc1cc(C2c3c(oc4ccccc4c3=O)C(=O)N2C)ccc1OCCC(C)C. The van der Waals surface area contributed by atoms with Crippen molar-refractivity contribution in [3.63, 3.8) is 0 Å². The Kier molecular flexibility index (Phi) is 5.72. The van der Waals surface area contributed by atoms with Crippen LogP contribution < -0.4 is 14.9 Å². The molecule has 0 saturated heterocycles. The van der Waals surface area contributed by atoms with Gasteiger partial charge < -0.3 is 18.8 Å². The van der Waals surface area contributed by atoms with Gasteiger partial charge in [0.15, 0.2) is 16.9 Å². The number of rotatable bonds is 7. The summed E-state index contributed by atoms with van der Waals surface area (Å²) in [6.45, 7) is 7.28. The van der Waals surface area contributed by atoms with Gasteiger partial charge in [0.25, 0.3) is 5.91 Å². The predicted molar refractivity (Wildman–Crippen MR) is 119 cm³/mol. The minimum Gasteiger partial charge on any atom is -0.490 e. The van der Waals surface area contributed by atoms with Gasteiger partial charge in [0.1, 0.15) is 5.58 Å². The van der Waals surface area contributed by atoms with Gasteiger partial charge in [-0.05, 0) is 49.1 Å². The summed E-state index contributed by atoms with van der Waals surface area (Å²) < 4.78 is 17.6. The van der Waals surface area contributed by atoms with E-state index in [1.54, 1.807) is 36.2 Å². The lowest BCUT2D eigenvalue weighted by molar-refractivity contribution is 0.0771. The number of benzene rings is 2. The van der Waals surface area contributed by atoms with Crippen LogP contribution in [0.25, 0.3) is 11.0 Å². The molecule has 1 aromatic heterocycles. The predicted octanol–water partition coefficient (Wildman–Crippen LogP) is 4.79. The zero-order valence-electron chi connectivity index (χ0n) is 18.3. The van der Waals surface area contributed by atoms with E-state index in [-0.39, 0.29) is 17.1 Å². The van der Waals surface area contributed by atoms with Gasteiger partial charge in [0.05, 0.1) is 30.2 Å². The number of ether oxygens (including phenoxy) is 2. The van der Waals surface area contributed by atoms with Gasteiger partial charge in [-0.3, -0.25) is 9.59 Å². The largest absolute Gasteiger partial charge is 0.490 e. The summed E-state index contributed by atoms with van der Waals surface area (Å²) in [6.07, 6.45) is 0.939. The van der Waals surface area contributed by atoms with E-state index < -0.39 is 6.04 Å². The number of carbonyl (C=O) groups is 1. The van der Waals surface area contributed by atoms with Gasteiger partial charge in [-0.1, -0.05) is 32.0 Å². The third kappa shape index (κ3) is 3.78. The maximum atomic E-state index is 13.3. The highest BCUT2D eigenvalue weighted by molar-refractivity contribution is 5.98. The molecule has 162 valence electrons. The fraction of sp³-hybridized carbons (Fsp3) is 0.360. The first kappa shape index (κ1) is 21.0. The molecule has 1 amide bonds. The van der Waals surface area contributed by atoms with Crippen molar-refractivity contribution in [1.29, 1.82) is 0 Å². The van der Waals surface area contributed by atoms with Gasteiger partial charge in [0, 0.05) is 7.05 Å². The number of carbonyl (C=O) groups excluding carboxylic acids is 1. The van der Waals surface area contributed by atoms with Crippen molar-refractivity contribution in [2.24, 2.45) is 5.92 Å². The average Bonchev–Trinajstić information content (AvgIpc) is 3.00. The molecule has 1 atom stereocenters. The zero-order chi connectivity index (χ0) is 22.1. The van der Waals surface area contributed by atoms with Crippen molar-refractivity contribution < 1.29 is 18.7 Å². The monoisotopic (exact) mass is 421 g/mol. The Hall–Kier alpha value is -3.28. The molecule has 31 heavy (non-hydrogen) atoms. The Labute approximate surface area is 181 Å². The topological polar surface area (TPSA) is 69.0 Å². The third-order valence-corrected chi connectivity index (χ3v) is 5.54. The molecule has 2 heterocycles. The lowest BCUT2D eigenvalue weighted by atomic mass is 9.98. The molecule has 0 spiro atoms. The quantitative estimate of drug-likeness (QED) is 0.549. The second-order valence-corrected chi connectivity index (χ2v) is 8.16. The minimum absolute atomic E-state index is 0.103. The zero-order valence-corrected chi connectivity index (χ0v) is 18.3. The molecule has 1 aliphatic heterocycles. The molecule has 6 nitrogen and oxygen atoms in total. The lowest BCUT2D eigenvalue weighted by Crippen LogP contribution is -2.25. The van der Waals surface area contributed by atoms with E-state index in [0.29, 0.717) is 47.2 Å². The van der Waals surface area contributed by atoms with Crippen molar-refractivity contribution in [3.8, 4) is 11.5 Å². The van der Waals surface area contributed by atoms with Crippen LogP contribution >= 0.6 is 0 Å². The number of para-hydroxylation sites is 1. The molecule has 0 fully saturated rings. The highest BCUT2D eigenvalue weighted by atomic mass is 16.5. The molecule has 0 saturated carbocycles. The van der Waals surface area contributed by atoms with Crippen LogP contribution in [0.1, 0.15) is 54.9 Å². The van der Waals surface area contributed by atoms with Gasteiger partial charge in [-0.15, -0.1) is 0 Å². The summed E-state index contributed by atoms with van der Waals surface area (Å²) in [4.78, 5) is 27.7. The first-order chi connectivity index (χ1) is 14.9. The molecule has 0 aliphatic carbocycles. The molecular weight excluding hydrogens is 394 g/mol. The smallest absolute Gasteiger partial charge is 0.290 e. The fourth-order valence-electron chi connectivity index (χ4n) is 3.91. The molecule has 3 aromatic rings. The summed E-state index contributed by atoms with van der Waals surface area (Å²) in [5.41, 5.74) is 1.37. The molecule has 6 heteroatoms. The van der Waals surface area contributed by atoms with Gasteiger partial charge in [-0.2, -0.15) is 0 Å². The third-order valence-electron chi connectivity index (χ3n) is 5.54. The van der Waals surface area contributed by atoms with E-state index in [4.69, 9.17) is 13.9 Å². The number of hydrogen-bond acceptors (Lipinski definition) is 5. The molecule has 0 N–H and O–H groups in total. The van der Waals surface area contributed by atoms with E-state index in [1.807, 2.05) is 25.1 Å². The van der Waals surface area contributed by atoms with Crippen molar-refractivity contribution in [3.05, 3.63) is 69.6 Å². The second kappa shape index (κ2) is 8.46. The van der Waals surface area contributed by atoms with E-state index >= 15 is 0 Å². The van der Waals surface area contributed by atoms with Crippen LogP contribution in [0, 0.1) is 5.92 Å². The van der Waals surface area contributed by atoms with E-state index in [9.17, 15) is 9.59 Å². The second-order valence-electron chi connectivity index (χ2n) is 8.16. The average molecular weight is 421 g/mol. The van der Waals surface area contributed by atoms with Crippen LogP contribution in [0.2, 0.25) is 0 Å². The van der Waals surface area contributed by atoms with Crippen molar-refractivity contribution >= 4 is 16.9 Å². The molecule has 0 radical (unpaired) electrons.